The van der Waals surface area contributed by atoms with Gasteiger partial charge in [-0.15, -0.1) is 11.3 Å². The number of amides is 2. The number of fused-ring (bicyclic) bond motifs is 2. The zero-order valence-electron chi connectivity index (χ0n) is 15.5. The fourth-order valence-electron chi connectivity index (χ4n) is 3.14. The standard InChI is InChI=1S/C21H19N3O2S2/c1-13(2)24-17-8-7-14(23-19(25)12-15-5-4-10-27-15)11-18(17)28-20-16(21(24)26)6-3-9-22-20/h3-11,13H,12H2,1-2H3,(H,23,25). The van der Waals surface area contributed by atoms with E-state index in [-0.39, 0.29) is 17.9 Å². The molecule has 28 heavy (non-hydrogen) atoms. The van der Waals surface area contributed by atoms with E-state index in [1.165, 1.54) is 11.8 Å². The summed E-state index contributed by atoms with van der Waals surface area (Å²) < 4.78 is 0. The van der Waals surface area contributed by atoms with Gasteiger partial charge in [-0.2, -0.15) is 0 Å². The van der Waals surface area contributed by atoms with Crippen LogP contribution in [0.5, 0.6) is 0 Å². The van der Waals surface area contributed by atoms with E-state index in [1.807, 2.05) is 55.6 Å². The molecule has 1 aromatic carbocycles. The Kier molecular flexibility index (Phi) is 5.19. The molecule has 0 spiro atoms. The summed E-state index contributed by atoms with van der Waals surface area (Å²) >= 11 is 3.02. The Morgan fingerprint density at radius 3 is 2.82 bits per heavy atom. The summed E-state index contributed by atoms with van der Waals surface area (Å²) in [6, 6.07) is 13.1. The van der Waals surface area contributed by atoms with Crippen LogP contribution < -0.4 is 10.2 Å². The van der Waals surface area contributed by atoms with Crippen molar-refractivity contribution in [2.24, 2.45) is 0 Å². The Bertz CT molecular complexity index is 1030. The van der Waals surface area contributed by atoms with Crippen LogP contribution in [0.1, 0.15) is 29.1 Å². The van der Waals surface area contributed by atoms with Gasteiger partial charge in [-0.3, -0.25) is 9.59 Å². The molecule has 142 valence electrons. The third-order valence-electron chi connectivity index (χ3n) is 4.36. The molecule has 1 aliphatic rings. The summed E-state index contributed by atoms with van der Waals surface area (Å²) in [5, 5.41) is 5.60. The number of hydrogen-bond acceptors (Lipinski definition) is 5. The lowest BCUT2D eigenvalue weighted by atomic mass is 10.1. The van der Waals surface area contributed by atoms with Crippen molar-refractivity contribution < 1.29 is 9.59 Å². The highest BCUT2D eigenvalue weighted by atomic mass is 32.2. The molecule has 2 aromatic heterocycles. The number of aromatic nitrogens is 1. The maximum Gasteiger partial charge on any atom is 0.261 e. The quantitative estimate of drug-likeness (QED) is 0.669. The SMILES string of the molecule is CC(C)N1C(=O)c2cccnc2Sc2cc(NC(=O)Cc3cccs3)ccc21. The Morgan fingerprint density at radius 2 is 2.07 bits per heavy atom. The zero-order valence-corrected chi connectivity index (χ0v) is 17.1. The molecule has 0 fully saturated rings. The van der Waals surface area contributed by atoms with Gasteiger partial charge in [0, 0.05) is 27.7 Å². The van der Waals surface area contributed by atoms with Crippen molar-refractivity contribution in [3.63, 3.8) is 0 Å². The lowest BCUT2D eigenvalue weighted by Crippen LogP contribution is -2.37. The minimum absolute atomic E-state index is 0.00252. The van der Waals surface area contributed by atoms with E-state index in [0.29, 0.717) is 22.7 Å². The molecule has 4 rings (SSSR count). The summed E-state index contributed by atoms with van der Waals surface area (Å²) in [6.07, 6.45) is 2.04. The van der Waals surface area contributed by atoms with E-state index in [9.17, 15) is 9.59 Å². The molecule has 5 nitrogen and oxygen atoms in total. The first-order valence-electron chi connectivity index (χ1n) is 8.95. The molecule has 0 saturated heterocycles. The van der Waals surface area contributed by atoms with Crippen LogP contribution in [0.15, 0.2) is 64.0 Å². The number of nitrogens with one attached hydrogen (secondary N) is 1. The van der Waals surface area contributed by atoms with Crippen LogP contribution >= 0.6 is 23.1 Å². The van der Waals surface area contributed by atoms with Gasteiger partial charge in [0.2, 0.25) is 5.91 Å². The van der Waals surface area contributed by atoms with Crippen molar-refractivity contribution in [1.29, 1.82) is 0 Å². The molecule has 0 saturated carbocycles. The van der Waals surface area contributed by atoms with E-state index >= 15 is 0 Å². The minimum atomic E-state index is -0.0589. The predicted octanol–water partition coefficient (Wildman–Crippen LogP) is 4.84. The molecular weight excluding hydrogens is 390 g/mol. The molecule has 0 atom stereocenters. The lowest BCUT2D eigenvalue weighted by Gasteiger charge is -2.27. The Morgan fingerprint density at radius 1 is 1.21 bits per heavy atom. The number of thiophene rings is 1. The van der Waals surface area contributed by atoms with Crippen LogP contribution in [-0.2, 0) is 11.2 Å². The van der Waals surface area contributed by atoms with E-state index in [1.54, 1.807) is 28.5 Å². The molecule has 0 aliphatic carbocycles. The summed E-state index contributed by atoms with van der Waals surface area (Å²) in [7, 11) is 0. The second kappa shape index (κ2) is 7.77. The highest BCUT2D eigenvalue weighted by Crippen LogP contribution is 2.42. The normalized spacial score (nSPS) is 13.1. The van der Waals surface area contributed by atoms with Crippen LogP contribution in [-0.4, -0.2) is 22.8 Å². The van der Waals surface area contributed by atoms with Gasteiger partial charge in [0.05, 0.1) is 17.7 Å². The molecule has 1 N–H and O–H groups in total. The van der Waals surface area contributed by atoms with Gasteiger partial charge < -0.3 is 10.2 Å². The van der Waals surface area contributed by atoms with Crippen LogP contribution in [0, 0.1) is 0 Å². The molecule has 1 aliphatic heterocycles. The fraction of sp³-hybridized carbons (Fsp3) is 0.190. The molecule has 3 aromatic rings. The van der Waals surface area contributed by atoms with Gasteiger partial charge >= 0.3 is 0 Å². The first-order chi connectivity index (χ1) is 13.5. The summed E-state index contributed by atoms with van der Waals surface area (Å²) in [5.41, 5.74) is 2.14. The summed E-state index contributed by atoms with van der Waals surface area (Å²) in [6.45, 7) is 3.98. The van der Waals surface area contributed by atoms with Gasteiger partial charge in [-0.05, 0) is 55.6 Å². The number of anilines is 2. The average molecular weight is 410 g/mol. The van der Waals surface area contributed by atoms with Crippen molar-refractivity contribution >= 4 is 46.3 Å². The monoisotopic (exact) mass is 409 g/mol. The van der Waals surface area contributed by atoms with Gasteiger partial charge in [-0.25, -0.2) is 4.98 Å². The lowest BCUT2D eigenvalue weighted by molar-refractivity contribution is -0.115. The molecule has 0 unspecified atom stereocenters. The number of benzene rings is 1. The van der Waals surface area contributed by atoms with Crippen molar-refractivity contribution in [3.8, 4) is 0 Å². The van der Waals surface area contributed by atoms with Crippen molar-refractivity contribution in [2.75, 3.05) is 10.2 Å². The van der Waals surface area contributed by atoms with Gasteiger partial charge in [0.15, 0.2) is 0 Å². The molecular formula is C21H19N3O2S2. The van der Waals surface area contributed by atoms with Gasteiger partial charge in [0.1, 0.15) is 5.03 Å². The first-order valence-corrected chi connectivity index (χ1v) is 10.7. The van der Waals surface area contributed by atoms with E-state index in [4.69, 9.17) is 0 Å². The smallest absolute Gasteiger partial charge is 0.261 e. The largest absolute Gasteiger partial charge is 0.326 e. The Labute approximate surface area is 171 Å². The predicted molar refractivity (Wildman–Crippen MR) is 113 cm³/mol. The third-order valence-corrected chi connectivity index (χ3v) is 6.30. The first kappa shape index (κ1) is 18.7. The average Bonchev–Trinajstić information content (AvgIpc) is 3.12. The molecule has 0 radical (unpaired) electrons. The fourth-order valence-corrected chi connectivity index (χ4v) is 4.89. The van der Waals surface area contributed by atoms with Crippen LogP contribution in [0.25, 0.3) is 0 Å². The zero-order chi connectivity index (χ0) is 19.7. The van der Waals surface area contributed by atoms with Crippen molar-refractivity contribution in [2.45, 2.75) is 36.2 Å². The Balaban J connectivity index is 1.67. The maximum atomic E-state index is 13.1. The molecule has 0 bridgehead atoms. The summed E-state index contributed by atoms with van der Waals surface area (Å²) in [5.74, 6) is -0.116. The molecule has 7 heteroatoms. The van der Waals surface area contributed by atoms with E-state index in [2.05, 4.69) is 10.3 Å². The molecule has 3 heterocycles. The minimum Gasteiger partial charge on any atom is -0.326 e. The number of rotatable bonds is 4. The number of carbonyl (C=O) groups excluding carboxylic acids is 2. The third kappa shape index (κ3) is 3.68. The van der Waals surface area contributed by atoms with Crippen molar-refractivity contribution in [3.05, 3.63) is 64.5 Å². The van der Waals surface area contributed by atoms with E-state index < -0.39 is 0 Å². The maximum absolute atomic E-state index is 13.1. The number of pyridine rings is 1. The van der Waals surface area contributed by atoms with E-state index in [0.717, 1.165) is 15.5 Å². The second-order valence-corrected chi connectivity index (χ2v) is 8.78. The van der Waals surface area contributed by atoms with Crippen LogP contribution in [0.4, 0.5) is 11.4 Å². The number of hydrogen-bond donors (Lipinski definition) is 1. The topological polar surface area (TPSA) is 62.3 Å². The highest BCUT2D eigenvalue weighted by Gasteiger charge is 2.29. The highest BCUT2D eigenvalue weighted by molar-refractivity contribution is 7.99. The van der Waals surface area contributed by atoms with Crippen LogP contribution in [0.3, 0.4) is 0 Å². The van der Waals surface area contributed by atoms with Gasteiger partial charge in [-0.1, -0.05) is 17.8 Å². The summed E-state index contributed by atoms with van der Waals surface area (Å²) in [4.78, 5) is 33.5. The Hall–Kier alpha value is -2.64. The molecule has 2 amide bonds. The number of nitrogens with zero attached hydrogens (tertiary/aromatic N) is 2. The van der Waals surface area contributed by atoms with Crippen LogP contribution in [0.2, 0.25) is 0 Å². The number of carbonyl (C=O) groups is 2. The second-order valence-electron chi connectivity index (χ2n) is 6.71. The van der Waals surface area contributed by atoms with Gasteiger partial charge in [0.25, 0.3) is 5.91 Å². The van der Waals surface area contributed by atoms with Crippen molar-refractivity contribution in [1.82, 2.24) is 4.98 Å².